The number of hydrogen-bond donors (Lipinski definition) is 1. The van der Waals surface area contributed by atoms with Gasteiger partial charge in [0.05, 0.1) is 19.3 Å². The number of aryl methyl sites for hydroxylation is 2. The third-order valence-electron chi connectivity index (χ3n) is 4.75. The number of carbonyl (C=O) groups is 1. The third kappa shape index (κ3) is 4.02. The van der Waals surface area contributed by atoms with Crippen molar-refractivity contribution in [2.24, 2.45) is 7.05 Å². The van der Waals surface area contributed by atoms with E-state index in [1.165, 1.54) is 5.56 Å². The van der Waals surface area contributed by atoms with Crippen molar-refractivity contribution in [3.63, 3.8) is 0 Å². The minimum absolute atomic E-state index is 0.0574. The summed E-state index contributed by atoms with van der Waals surface area (Å²) in [4.78, 5) is 14.4. The summed E-state index contributed by atoms with van der Waals surface area (Å²) in [5.74, 6) is 0. The molecule has 1 unspecified atom stereocenters. The van der Waals surface area contributed by atoms with Crippen molar-refractivity contribution in [1.29, 1.82) is 0 Å². The van der Waals surface area contributed by atoms with Gasteiger partial charge in [0.2, 0.25) is 0 Å². The summed E-state index contributed by atoms with van der Waals surface area (Å²) in [6, 6.07) is 8.29. The normalized spacial score (nSPS) is 20.5. The second-order valence-electron chi connectivity index (χ2n) is 6.73. The van der Waals surface area contributed by atoms with Crippen LogP contribution in [0.5, 0.6) is 0 Å². The molecule has 134 valence electrons. The van der Waals surface area contributed by atoms with Crippen LogP contribution in [0.25, 0.3) is 0 Å². The first kappa shape index (κ1) is 17.5. The number of urea groups is 1. The topological polar surface area (TPSA) is 59.4 Å². The Morgan fingerprint density at radius 1 is 1.32 bits per heavy atom. The van der Waals surface area contributed by atoms with Gasteiger partial charge in [-0.1, -0.05) is 31.2 Å². The fourth-order valence-corrected chi connectivity index (χ4v) is 3.09. The smallest absolute Gasteiger partial charge is 0.317 e. The lowest BCUT2D eigenvalue weighted by atomic mass is 9.97. The van der Waals surface area contributed by atoms with Crippen molar-refractivity contribution < 1.29 is 9.53 Å². The first-order valence-electron chi connectivity index (χ1n) is 8.74. The standard InChI is InChI=1S/C19H26N4O2/c1-4-15-5-7-16(8-6-15)11-20-18(24)23-9-10-25-19(2,14-23)17-12-21-22(3)13-17/h5-8,12-13H,4,9-11,14H2,1-3H3,(H,20,24). The quantitative estimate of drug-likeness (QED) is 0.928. The van der Waals surface area contributed by atoms with Gasteiger partial charge >= 0.3 is 6.03 Å². The largest absolute Gasteiger partial charge is 0.367 e. The highest BCUT2D eigenvalue weighted by molar-refractivity contribution is 5.74. The van der Waals surface area contributed by atoms with Crippen molar-refractivity contribution in [2.45, 2.75) is 32.4 Å². The van der Waals surface area contributed by atoms with Gasteiger partial charge < -0.3 is 15.0 Å². The van der Waals surface area contributed by atoms with Crippen molar-refractivity contribution in [3.8, 4) is 0 Å². The summed E-state index contributed by atoms with van der Waals surface area (Å²) >= 11 is 0. The maximum absolute atomic E-state index is 12.6. The molecule has 3 rings (SSSR count). The second kappa shape index (κ2) is 7.27. The Bertz CT molecular complexity index is 725. The van der Waals surface area contributed by atoms with E-state index >= 15 is 0 Å². The molecule has 1 N–H and O–H groups in total. The van der Waals surface area contributed by atoms with Gasteiger partial charge in [0.15, 0.2) is 0 Å². The van der Waals surface area contributed by atoms with Crippen molar-refractivity contribution in [2.75, 3.05) is 19.7 Å². The Balaban J connectivity index is 1.59. The summed E-state index contributed by atoms with van der Waals surface area (Å²) in [5.41, 5.74) is 2.87. The van der Waals surface area contributed by atoms with Crippen LogP contribution in [0.15, 0.2) is 36.7 Å². The van der Waals surface area contributed by atoms with E-state index in [9.17, 15) is 4.79 Å². The Kier molecular flexibility index (Phi) is 5.08. The lowest BCUT2D eigenvalue weighted by Crippen LogP contribution is -2.53. The van der Waals surface area contributed by atoms with E-state index in [1.54, 1.807) is 10.9 Å². The predicted molar refractivity (Wildman–Crippen MR) is 96.1 cm³/mol. The molecule has 0 bridgehead atoms. The van der Waals surface area contributed by atoms with Gasteiger partial charge in [0, 0.05) is 31.9 Å². The molecular formula is C19H26N4O2. The lowest BCUT2D eigenvalue weighted by Gasteiger charge is -2.40. The van der Waals surface area contributed by atoms with E-state index in [0.29, 0.717) is 26.2 Å². The van der Waals surface area contributed by atoms with Crippen LogP contribution in [0.2, 0.25) is 0 Å². The Labute approximate surface area is 148 Å². The zero-order valence-electron chi connectivity index (χ0n) is 15.2. The zero-order valence-corrected chi connectivity index (χ0v) is 15.2. The number of nitrogens with zero attached hydrogens (tertiary/aromatic N) is 3. The van der Waals surface area contributed by atoms with Crippen molar-refractivity contribution in [1.82, 2.24) is 20.0 Å². The summed E-state index contributed by atoms with van der Waals surface area (Å²) in [5, 5.41) is 7.23. The predicted octanol–water partition coefficient (Wildman–Crippen LogP) is 2.44. The average molecular weight is 342 g/mol. The molecule has 0 radical (unpaired) electrons. The summed E-state index contributed by atoms with van der Waals surface area (Å²) < 4.78 is 7.71. The number of amides is 2. The number of ether oxygens (including phenoxy) is 1. The Hall–Kier alpha value is -2.34. The number of rotatable bonds is 4. The van der Waals surface area contributed by atoms with E-state index < -0.39 is 5.60 Å². The molecule has 1 atom stereocenters. The summed E-state index contributed by atoms with van der Waals surface area (Å²) in [7, 11) is 1.88. The monoisotopic (exact) mass is 342 g/mol. The molecule has 0 spiro atoms. The Morgan fingerprint density at radius 2 is 2.04 bits per heavy atom. The van der Waals surface area contributed by atoms with Gasteiger partial charge in [0.25, 0.3) is 0 Å². The number of benzene rings is 1. The molecule has 6 heteroatoms. The first-order chi connectivity index (χ1) is 12.0. The molecule has 1 aliphatic rings. The number of carbonyl (C=O) groups excluding carboxylic acids is 1. The first-order valence-corrected chi connectivity index (χ1v) is 8.74. The van der Waals surface area contributed by atoms with Gasteiger partial charge in [0.1, 0.15) is 5.60 Å². The van der Waals surface area contributed by atoms with Gasteiger partial charge in [-0.2, -0.15) is 5.10 Å². The zero-order chi connectivity index (χ0) is 17.9. The van der Waals surface area contributed by atoms with Gasteiger partial charge in [-0.15, -0.1) is 0 Å². The Morgan fingerprint density at radius 3 is 2.68 bits per heavy atom. The van der Waals surface area contributed by atoms with Crippen LogP contribution in [0, 0.1) is 0 Å². The minimum atomic E-state index is -0.521. The molecule has 1 saturated heterocycles. The van der Waals surface area contributed by atoms with E-state index in [2.05, 4.69) is 41.6 Å². The fourth-order valence-electron chi connectivity index (χ4n) is 3.09. The fraction of sp³-hybridized carbons (Fsp3) is 0.474. The third-order valence-corrected chi connectivity index (χ3v) is 4.75. The number of aromatic nitrogens is 2. The molecule has 1 aromatic heterocycles. The van der Waals surface area contributed by atoms with Gasteiger partial charge in [-0.05, 0) is 24.5 Å². The highest BCUT2D eigenvalue weighted by atomic mass is 16.5. The maximum Gasteiger partial charge on any atom is 0.317 e. The minimum Gasteiger partial charge on any atom is -0.367 e. The summed E-state index contributed by atoms with van der Waals surface area (Å²) in [6.45, 7) is 6.30. The average Bonchev–Trinajstić information content (AvgIpc) is 3.07. The van der Waals surface area contributed by atoms with Crippen LogP contribution >= 0.6 is 0 Å². The lowest BCUT2D eigenvalue weighted by molar-refractivity contribution is -0.0907. The highest BCUT2D eigenvalue weighted by Gasteiger charge is 2.36. The van der Waals surface area contributed by atoms with Crippen LogP contribution in [0.4, 0.5) is 4.79 Å². The number of nitrogens with one attached hydrogen (secondary N) is 1. The molecule has 2 heterocycles. The molecule has 2 aromatic rings. The number of hydrogen-bond acceptors (Lipinski definition) is 3. The maximum atomic E-state index is 12.6. The molecule has 0 saturated carbocycles. The second-order valence-corrected chi connectivity index (χ2v) is 6.73. The van der Waals surface area contributed by atoms with Crippen LogP contribution < -0.4 is 5.32 Å². The molecule has 2 amide bonds. The molecule has 1 aromatic carbocycles. The van der Waals surface area contributed by atoms with Crippen LogP contribution in [-0.2, 0) is 30.4 Å². The SMILES string of the molecule is CCc1ccc(CNC(=O)N2CCOC(C)(c3cnn(C)c3)C2)cc1. The van der Waals surface area contributed by atoms with Gasteiger partial charge in [-0.25, -0.2) is 4.79 Å². The molecule has 6 nitrogen and oxygen atoms in total. The molecule has 1 aliphatic heterocycles. The molecular weight excluding hydrogens is 316 g/mol. The van der Waals surface area contributed by atoms with Crippen LogP contribution in [-0.4, -0.2) is 40.4 Å². The van der Waals surface area contributed by atoms with Crippen LogP contribution in [0.1, 0.15) is 30.5 Å². The summed E-state index contributed by atoms with van der Waals surface area (Å²) in [6.07, 6.45) is 4.76. The highest BCUT2D eigenvalue weighted by Crippen LogP contribution is 2.29. The molecule has 1 fully saturated rings. The van der Waals surface area contributed by atoms with E-state index in [0.717, 1.165) is 17.5 Å². The number of morpholine rings is 1. The van der Waals surface area contributed by atoms with Crippen LogP contribution in [0.3, 0.4) is 0 Å². The van der Waals surface area contributed by atoms with Crippen molar-refractivity contribution >= 4 is 6.03 Å². The van der Waals surface area contributed by atoms with E-state index in [4.69, 9.17) is 4.74 Å². The van der Waals surface area contributed by atoms with Gasteiger partial charge in [-0.3, -0.25) is 4.68 Å². The molecule has 0 aliphatic carbocycles. The van der Waals surface area contributed by atoms with Crippen molar-refractivity contribution in [3.05, 3.63) is 53.3 Å². The van der Waals surface area contributed by atoms with E-state index in [1.807, 2.05) is 25.1 Å². The molecule has 25 heavy (non-hydrogen) atoms. The van der Waals surface area contributed by atoms with E-state index in [-0.39, 0.29) is 6.03 Å².